The highest BCUT2D eigenvalue weighted by Crippen LogP contribution is 2.22. The van der Waals surface area contributed by atoms with Crippen molar-refractivity contribution >= 4 is 12.2 Å². The molecule has 0 saturated carbocycles. The molecule has 0 radical (unpaired) electrons. The SMILES string of the molecule is Cn1ccc(CCn2c(C(C)(C)C)c[nH]c2=S)n1. The van der Waals surface area contributed by atoms with Crippen LogP contribution in [-0.4, -0.2) is 19.3 Å². The van der Waals surface area contributed by atoms with E-state index in [4.69, 9.17) is 12.2 Å². The number of hydrogen-bond donors (Lipinski definition) is 1. The lowest BCUT2D eigenvalue weighted by Crippen LogP contribution is -2.18. The van der Waals surface area contributed by atoms with E-state index in [1.54, 1.807) is 0 Å². The van der Waals surface area contributed by atoms with Gasteiger partial charge in [-0.2, -0.15) is 5.10 Å². The molecule has 2 heterocycles. The molecule has 1 N–H and O–H groups in total. The minimum atomic E-state index is 0.0949. The third kappa shape index (κ3) is 2.72. The average Bonchev–Trinajstić information content (AvgIpc) is 2.81. The first-order chi connectivity index (χ1) is 8.38. The fourth-order valence-electron chi connectivity index (χ4n) is 2.06. The highest BCUT2D eigenvalue weighted by molar-refractivity contribution is 7.71. The first kappa shape index (κ1) is 13.1. The molecule has 2 rings (SSSR count). The minimum absolute atomic E-state index is 0.0949. The molecule has 0 unspecified atom stereocenters. The molecule has 4 nitrogen and oxygen atoms in total. The van der Waals surface area contributed by atoms with E-state index in [9.17, 15) is 0 Å². The molecule has 2 aromatic rings. The van der Waals surface area contributed by atoms with Gasteiger partial charge in [0.2, 0.25) is 0 Å². The summed E-state index contributed by atoms with van der Waals surface area (Å²) in [5.74, 6) is 0. The number of H-pyrrole nitrogens is 1. The zero-order chi connectivity index (χ0) is 13.3. The Balaban J connectivity index is 2.19. The van der Waals surface area contributed by atoms with Crippen LogP contribution in [0.2, 0.25) is 0 Å². The van der Waals surface area contributed by atoms with Crippen LogP contribution >= 0.6 is 12.2 Å². The van der Waals surface area contributed by atoms with Crippen molar-refractivity contribution in [3.63, 3.8) is 0 Å². The highest BCUT2D eigenvalue weighted by atomic mass is 32.1. The topological polar surface area (TPSA) is 38.5 Å². The van der Waals surface area contributed by atoms with Crippen LogP contribution in [0.4, 0.5) is 0 Å². The zero-order valence-electron chi connectivity index (χ0n) is 11.4. The molecule has 5 heteroatoms. The maximum atomic E-state index is 5.34. The van der Waals surface area contributed by atoms with Gasteiger partial charge in [-0.15, -0.1) is 0 Å². The van der Waals surface area contributed by atoms with Crippen molar-refractivity contribution in [3.05, 3.63) is 34.6 Å². The maximum Gasteiger partial charge on any atom is 0.177 e. The van der Waals surface area contributed by atoms with Gasteiger partial charge < -0.3 is 9.55 Å². The van der Waals surface area contributed by atoms with Gasteiger partial charge in [-0.05, 0) is 18.3 Å². The molecule has 0 aromatic carbocycles. The van der Waals surface area contributed by atoms with Gasteiger partial charge in [0.15, 0.2) is 4.77 Å². The third-order valence-electron chi connectivity index (χ3n) is 3.00. The van der Waals surface area contributed by atoms with Crippen molar-refractivity contribution in [1.29, 1.82) is 0 Å². The molecular weight excluding hydrogens is 244 g/mol. The fraction of sp³-hybridized carbons (Fsp3) is 0.538. The van der Waals surface area contributed by atoms with Crippen LogP contribution in [0.5, 0.6) is 0 Å². The minimum Gasteiger partial charge on any atom is -0.337 e. The van der Waals surface area contributed by atoms with Crippen molar-refractivity contribution in [2.75, 3.05) is 0 Å². The van der Waals surface area contributed by atoms with E-state index in [0.717, 1.165) is 23.4 Å². The van der Waals surface area contributed by atoms with Crippen molar-refractivity contribution in [1.82, 2.24) is 19.3 Å². The van der Waals surface area contributed by atoms with Gasteiger partial charge in [-0.1, -0.05) is 20.8 Å². The molecule has 18 heavy (non-hydrogen) atoms. The lowest BCUT2D eigenvalue weighted by molar-refractivity contribution is 0.511. The summed E-state index contributed by atoms with van der Waals surface area (Å²) in [6.07, 6.45) is 4.88. The van der Waals surface area contributed by atoms with Crippen molar-refractivity contribution in [2.45, 2.75) is 39.2 Å². The predicted octanol–water partition coefficient (Wildman–Crippen LogP) is 2.82. The summed E-state index contributed by atoms with van der Waals surface area (Å²) >= 11 is 5.34. The van der Waals surface area contributed by atoms with Crippen LogP contribution in [0.1, 0.15) is 32.2 Å². The van der Waals surface area contributed by atoms with E-state index in [0.29, 0.717) is 0 Å². The van der Waals surface area contributed by atoms with E-state index in [-0.39, 0.29) is 5.41 Å². The first-order valence-electron chi connectivity index (χ1n) is 6.15. The predicted molar refractivity (Wildman–Crippen MR) is 75.2 cm³/mol. The first-order valence-corrected chi connectivity index (χ1v) is 6.56. The monoisotopic (exact) mass is 264 g/mol. The summed E-state index contributed by atoms with van der Waals surface area (Å²) in [4.78, 5) is 3.14. The van der Waals surface area contributed by atoms with E-state index in [1.165, 1.54) is 5.69 Å². The Hall–Kier alpha value is -1.36. The normalized spacial score (nSPS) is 12.0. The quantitative estimate of drug-likeness (QED) is 0.866. The lowest BCUT2D eigenvalue weighted by Gasteiger charge is -2.20. The zero-order valence-corrected chi connectivity index (χ0v) is 12.2. The molecule has 0 saturated heterocycles. The van der Waals surface area contributed by atoms with Crippen LogP contribution in [0, 0.1) is 4.77 Å². The molecule has 0 aliphatic carbocycles. The number of hydrogen-bond acceptors (Lipinski definition) is 2. The van der Waals surface area contributed by atoms with Gasteiger partial charge in [-0.3, -0.25) is 4.68 Å². The Morgan fingerprint density at radius 1 is 1.39 bits per heavy atom. The van der Waals surface area contributed by atoms with Crippen molar-refractivity contribution < 1.29 is 0 Å². The number of aromatic amines is 1. The molecule has 0 atom stereocenters. The molecule has 0 amide bonds. The smallest absolute Gasteiger partial charge is 0.177 e. The Morgan fingerprint density at radius 3 is 2.67 bits per heavy atom. The Labute approximate surface area is 113 Å². The molecular formula is C13H20N4S. The molecule has 0 fully saturated rings. The Morgan fingerprint density at radius 2 is 2.11 bits per heavy atom. The van der Waals surface area contributed by atoms with Crippen LogP contribution in [0.3, 0.4) is 0 Å². The van der Waals surface area contributed by atoms with Gasteiger partial charge in [0.25, 0.3) is 0 Å². The summed E-state index contributed by atoms with van der Waals surface area (Å²) in [5, 5.41) is 4.39. The average molecular weight is 264 g/mol. The van der Waals surface area contributed by atoms with Crippen LogP contribution in [0.25, 0.3) is 0 Å². The maximum absolute atomic E-state index is 5.34. The number of nitrogens with zero attached hydrogens (tertiary/aromatic N) is 3. The molecule has 0 bridgehead atoms. The molecule has 0 aliphatic rings. The van der Waals surface area contributed by atoms with E-state index < -0.39 is 0 Å². The lowest BCUT2D eigenvalue weighted by atomic mass is 9.92. The molecule has 2 aromatic heterocycles. The third-order valence-corrected chi connectivity index (χ3v) is 3.34. The number of aryl methyl sites for hydroxylation is 2. The standard InChI is InChI=1S/C13H20N4S/c1-13(2,3)11-9-14-12(18)17(11)8-6-10-5-7-16(4)15-10/h5,7,9H,6,8H2,1-4H3,(H,14,18). The van der Waals surface area contributed by atoms with Crippen molar-refractivity contribution in [3.8, 4) is 0 Å². The van der Waals surface area contributed by atoms with E-state index >= 15 is 0 Å². The van der Waals surface area contributed by atoms with Crippen LogP contribution in [-0.2, 0) is 25.4 Å². The second-order valence-electron chi connectivity index (χ2n) is 5.61. The summed E-state index contributed by atoms with van der Waals surface area (Å²) < 4.78 is 4.79. The summed E-state index contributed by atoms with van der Waals surface area (Å²) in [6.45, 7) is 7.46. The fourth-order valence-corrected chi connectivity index (χ4v) is 2.31. The van der Waals surface area contributed by atoms with Gasteiger partial charge >= 0.3 is 0 Å². The summed E-state index contributed by atoms with van der Waals surface area (Å²) in [7, 11) is 1.94. The second kappa shape index (κ2) is 4.72. The van der Waals surface area contributed by atoms with Crippen LogP contribution < -0.4 is 0 Å². The van der Waals surface area contributed by atoms with Crippen molar-refractivity contribution in [2.24, 2.45) is 7.05 Å². The van der Waals surface area contributed by atoms with Crippen LogP contribution in [0.15, 0.2) is 18.5 Å². The number of aromatic nitrogens is 4. The Kier molecular flexibility index (Phi) is 3.43. The summed E-state index contributed by atoms with van der Waals surface area (Å²) in [5.41, 5.74) is 2.43. The largest absolute Gasteiger partial charge is 0.337 e. The highest BCUT2D eigenvalue weighted by Gasteiger charge is 2.19. The van der Waals surface area contributed by atoms with Gasteiger partial charge in [0.1, 0.15) is 0 Å². The molecule has 98 valence electrons. The van der Waals surface area contributed by atoms with E-state index in [1.807, 2.05) is 30.2 Å². The van der Waals surface area contributed by atoms with E-state index in [2.05, 4.69) is 35.4 Å². The number of rotatable bonds is 3. The molecule has 0 spiro atoms. The molecule has 0 aliphatic heterocycles. The van der Waals surface area contributed by atoms with Gasteiger partial charge in [0.05, 0.1) is 5.69 Å². The second-order valence-corrected chi connectivity index (χ2v) is 6.00. The van der Waals surface area contributed by atoms with Gasteiger partial charge in [-0.25, -0.2) is 0 Å². The summed E-state index contributed by atoms with van der Waals surface area (Å²) in [6, 6.07) is 2.05. The van der Waals surface area contributed by atoms with Gasteiger partial charge in [0, 0.05) is 43.5 Å². The Bertz CT molecular complexity index is 583. The number of nitrogens with one attached hydrogen (secondary N) is 1. The number of imidazole rings is 1.